The van der Waals surface area contributed by atoms with E-state index in [1.807, 2.05) is 62.4 Å². The molecule has 0 aliphatic rings. The number of nitrogens with zero attached hydrogens (tertiary/aromatic N) is 1. The molecule has 34 heavy (non-hydrogen) atoms. The number of benzene rings is 2. The molecule has 7 heteroatoms. The van der Waals surface area contributed by atoms with Crippen molar-refractivity contribution < 1.29 is 28.5 Å². The number of carbonyl (C=O) groups is 1. The maximum absolute atomic E-state index is 11.5. The second kappa shape index (κ2) is 11.1. The van der Waals surface area contributed by atoms with Crippen molar-refractivity contribution in [3.8, 4) is 17.2 Å². The van der Waals surface area contributed by atoms with Gasteiger partial charge in [-0.25, -0.2) is 4.79 Å². The number of hydrogen-bond acceptors (Lipinski definition) is 6. The summed E-state index contributed by atoms with van der Waals surface area (Å²) in [6.45, 7) is 9.47. The fraction of sp³-hybridized carbons (Fsp3) is 0.370. The Morgan fingerprint density at radius 3 is 2.35 bits per heavy atom. The van der Waals surface area contributed by atoms with Crippen LogP contribution in [0.1, 0.15) is 36.3 Å². The van der Waals surface area contributed by atoms with E-state index in [0.717, 1.165) is 33.9 Å². The molecule has 1 N–H and O–H groups in total. The molecule has 3 aromatic rings. The number of carboxylic acids is 1. The van der Waals surface area contributed by atoms with Gasteiger partial charge < -0.3 is 23.7 Å². The lowest BCUT2D eigenvalue weighted by Crippen LogP contribution is -2.38. The summed E-state index contributed by atoms with van der Waals surface area (Å²) in [5.41, 5.74) is 1.59. The van der Waals surface area contributed by atoms with E-state index in [9.17, 15) is 9.90 Å². The normalized spacial score (nSPS) is 11.5. The molecule has 0 bridgehead atoms. The maximum atomic E-state index is 11.5. The highest BCUT2D eigenvalue weighted by molar-refractivity contribution is 5.77. The molecule has 0 aliphatic heterocycles. The third-order valence-corrected chi connectivity index (χ3v) is 5.48. The van der Waals surface area contributed by atoms with Crippen LogP contribution >= 0.6 is 0 Å². The number of rotatable bonds is 12. The summed E-state index contributed by atoms with van der Waals surface area (Å²) >= 11 is 0. The first-order valence-corrected chi connectivity index (χ1v) is 11.2. The van der Waals surface area contributed by atoms with Crippen LogP contribution in [-0.2, 0) is 17.9 Å². The first-order valence-electron chi connectivity index (χ1n) is 11.2. The summed E-state index contributed by atoms with van der Waals surface area (Å²) in [4.78, 5) is 13.7. The highest BCUT2D eigenvalue weighted by Gasteiger charge is 2.30. The average Bonchev–Trinajstić information content (AvgIpc) is 3.29. The van der Waals surface area contributed by atoms with Gasteiger partial charge in [0.25, 0.3) is 0 Å². The van der Waals surface area contributed by atoms with Gasteiger partial charge in [0.15, 0.2) is 5.60 Å². The molecule has 182 valence electrons. The Hall–Kier alpha value is -3.45. The van der Waals surface area contributed by atoms with Crippen molar-refractivity contribution in [1.82, 2.24) is 4.90 Å². The minimum Gasteiger partial charge on any atom is -0.497 e. The van der Waals surface area contributed by atoms with Gasteiger partial charge in [0.1, 0.15) is 29.6 Å². The minimum absolute atomic E-state index is 0.500. The van der Waals surface area contributed by atoms with Crippen molar-refractivity contribution in [3.05, 3.63) is 77.2 Å². The molecule has 0 aliphatic carbocycles. The van der Waals surface area contributed by atoms with Crippen LogP contribution in [0, 0.1) is 13.8 Å². The Labute approximate surface area is 200 Å². The molecule has 0 fully saturated rings. The van der Waals surface area contributed by atoms with Gasteiger partial charge in [0.2, 0.25) is 0 Å². The zero-order chi connectivity index (χ0) is 24.7. The summed E-state index contributed by atoms with van der Waals surface area (Å²) in [7, 11) is 1.63. The second-order valence-corrected chi connectivity index (χ2v) is 8.79. The van der Waals surface area contributed by atoms with Gasteiger partial charge in [-0.3, -0.25) is 4.90 Å². The predicted octanol–water partition coefficient (Wildman–Crippen LogP) is 5.23. The molecule has 0 atom stereocenters. The van der Waals surface area contributed by atoms with Crippen molar-refractivity contribution in [1.29, 1.82) is 0 Å². The monoisotopic (exact) mass is 467 g/mol. The summed E-state index contributed by atoms with van der Waals surface area (Å²) in [5.74, 6) is 1.99. The lowest BCUT2D eigenvalue weighted by Gasteiger charge is -2.26. The highest BCUT2D eigenvalue weighted by atomic mass is 16.5. The summed E-state index contributed by atoms with van der Waals surface area (Å²) < 4.78 is 22.6. The molecular formula is C27H33NO6. The number of methoxy groups -OCH3 is 1. The van der Waals surface area contributed by atoms with Crippen molar-refractivity contribution in [2.24, 2.45) is 0 Å². The van der Waals surface area contributed by atoms with Gasteiger partial charge in [0, 0.05) is 19.2 Å². The Balaban J connectivity index is 1.72. The maximum Gasteiger partial charge on any atom is 0.347 e. The van der Waals surface area contributed by atoms with Crippen LogP contribution in [0.3, 0.4) is 0 Å². The minimum atomic E-state index is -1.31. The molecule has 0 unspecified atom stereocenters. The zero-order valence-corrected chi connectivity index (χ0v) is 20.5. The van der Waals surface area contributed by atoms with Crippen LogP contribution in [0.25, 0.3) is 0 Å². The molecule has 7 nitrogen and oxygen atoms in total. The molecule has 0 saturated carbocycles. The van der Waals surface area contributed by atoms with Crippen molar-refractivity contribution in [2.45, 2.75) is 46.4 Å². The van der Waals surface area contributed by atoms with E-state index in [1.54, 1.807) is 27.2 Å². The molecule has 0 spiro atoms. The summed E-state index contributed by atoms with van der Waals surface area (Å²) in [6, 6.07) is 15.5. The van der Waals surface area contributed by atoms with Gasteiger partial charge in [-0.1, -0.05) is 18.2 Å². The molecule has 0 amide bonds. The number of aliphatic carboxylic acids is 1. The second-order valence-electron chi connectivity index (χ2n) is 8.79. The van der Waals surface area contributed by atoms with Crippen LogP contribution in [-0.4, -0.2) is 41.8 Å². The van der Waals surface area contributed by atoms with E-state index in [-0.39, 0.29) is 0 Å². The lowest BCUT2D eigenvalue weighted by atomic mass is 10.0. The Kier molecular flexibility index (Phi) is 8.23. The first kappa shape index (κ1) is 25.2. The topological polar surface area (TPSA) is 81.4 Å². The van der Waals surface area contributed by atoms with Gasteiger partial charge >= 0.3 is 5.97 Å². The van der Waals surface area contributed by atoms with E-state index >= 15 is 0 Å². The van der Waals surface area contributed by atoms with E-state index in [0.29, 0.717) is 32.0 Å². The fourth-order valence-electron chi connectivity index (χ4n) is 3.67. The standard InChI is InChI=1S/C27H33NO6/c1-19-14-21(15-20(2)25(19)34-27(3,4)26(29)30)17-28(18-24-10-7-12-32-24)11-13-33-23-9-6-8-22(16-23)31-5/h6-10,12,14-16H,11,13,17-18H2,1-5H3,(H,29,30). The smallest absolute Gasteiger partial charge is 0.347 e. The van der Waals surface area contributed by atoms with Crippen LogP contribution in [0.15, 0.2) is 59.2 Å². The predicted molar refractivity (Wildman–Crippen MR) is 130 cm³/mol. The molecule has 0 radical (unpaired) electrons. The molecule has 2 aromatic carbocycles. The summed E-state index contributed by atoms with van der Waals surface area (Å²) in [6.07, 6.45) is 1.67. The van der Waals surface area contributed by atoms with Crippen molar-refractivity contribution in [3.63, 3.8) is 0 Å². The number of hydrogen-bond donors (Lipinski definition) is 1. The summed E-state index contributed by atoms with van der Waals surface area (Å²) in [5, 5.41) is 9.41. The highest BCUT2D eigenvalue weighted by Crippen LogP contribution is 2.29. The molecule has 0 saturated heterocycles. The number of carboxylic acid groups (broad SMARTS) is 1. The molecule has 1 heterocycles. The average molecular weight is 468 g/mol. The Morgan fingerprint density at radius 2 is 1.74 bits per heavy atom. The van der Waals surface area contributed by atoms with Gasteiger partial charge in [-0.05, 0) is 68.7 Å². The van der Waals surface area contributed by atoms with Gasteiger partial charge in [-0.15, -0.1) is 0 Å². The van der Waals surface area contributed by atoms with Crippen LogP contribution in [0.2, 0.25) is 0 Å². The zero-order valence-electron chi connectivity index (χ0n) is 20.5. The first-order chi connectivity index (χ1) is 16.2. The number of ether oxygens (including phenoxy) is 3. The largest absolute Gasteiger partial charge is 0.497 e. The third kappa shape index (κ3) is 6.78. The van der Waals surface area contributed by atoms with E-state index in [1.165, 1.54) is 0 Å². The molecule has 3 rings (SSSR count). The van der Waals surface area contributed by atoms with E-state index in [4.69, 9.17) is 18.6 Å². The third-order valence-electron chi connectivity index (χ3n) is 5.48. The van der Waals surface area contributed by atoms with E-state index in [2.05, 4.69) is 4.90 Å². The SMILES string of the molecule is COc1cccc(OCCN(Cc2cc(C)c(OC(C)(C)C(=O)O)c(C)c2)Cc2ccco2)c1. The fourth-order valence-corrected chi connectivity index (χ4v) is 3.67. The van der Waals surface area contributed by atoms with Crippen LogP contribution in [0.5, 0.6) is 17.2 Å². The molecule has 1 aromatic heterocycles. The van der Waals surface area contributed by atoms with Crippen molar-refractivity contribution in [2.75, 3.05) is 20.3 Å². The number of furan rings is 1. The Morgan fingerprint density at radius 1 is 1.03 bits per heavy atom. The number of aryl methyl sites for hydroxylation is 2. The van der Waals surface area contributed by atoms with Crippen LogP contribution < -0.4 is 14.2 Å². The lowest BCUT2D eigenvalue weighted by molar-refractivity contribution is -0.152. The van der Waals surface area contributed by atoms with E-state index < -0.39 is 11.6 Å². The van der Waals surface area contributed by atoms with Gasteiger partial charge in [0.05, 0.1) is 19.9 Å². The Bertz CT molecular complexity index is 1070. The molecular weight excluding hydrogens is 434 g/mol. The van der Waals surface area contributed by atoms with Crippen LogP contribution in [0.4, 0.5) is 0 Å². The van der Waals surface area contributed by atoms with Crippen molar-refractivity contribution >= 4 is 5.97 Å². The van der Waals surface area contributed by atoms with Gasteiger partial charge in [-0.2, -0.15) is 0 Å². The quantitative estimate of drug-likeness (QED) is 0.391.